The van der Waals surface area contributed by atoms with Gasteiger partial charge in [-0.3, -0.25) is 14.6 Å². The van der Waals surface area contributed by atoms with Gasteiger partial charge in [-0.15, -0.1) is 0 Å². The Bertz CT molecular complexity index is 773. The first-order chi connectivity index (χ1) is 12.6. The lowest BCUT2D eigenvalue weighted by Crippen LogP contribution is -2.54. The van der Waals surface area contributed by atoms with Gasteiger partial charge in [-0.25, -0.2) is 0 Å². The predicted octanol–water partition coefficient (Wildman–Crippen LogP) is 1.46. The van der Waals surface area contributed by atoms with E-state index in [1.165, 1.54) is 0 Å². The van der Waals surface area contributed by atoms with E-state index in [-0.39, 0.29) is 11.8 Å². The Labute approximate surface area is 151 Å². The topological polar surface area (TPSA) is 106 Å². The van der Waals surface area contributed by atoms with Crippen molar-refractivity contribution >= 4 is 17.5 Å². The number of carbonyl (C=O) groups excluding carboxylic acids is 2. The Kier molecular flexibility index (Phi) is 5.60. The normalized spacial score (nSPS) is 15.9. The van der Waals surface area contributed by atoms with Crippen molar-refractivity contribution < 1.29 is 14.3 Å². The Hall–Kier alpha value is -2.77. The van der Waals surface area contributed by atoms with Crippen molar-refractivity contribution in [1.29, 1.82) is 0 Å². The zero-order valence-electron chi connectivity index (χ0n) is 14.4. The van der Waals surface area contributed by atoms with Crippen molar-refractivity contribution in [2.75, 3.05) is 18.5 Å². The molecule has 26 heavy (non-hydrogen) atoms. The van der Waals surface area contributed by atoms with Crippen LogP contribution < -0.4 is 16.4 Å². The molecule has 1 fully saturated rings. The van der Waals surface area contributed by atoms with Crippen LogP contribution in [0.1, 0.15) is 28.9 Å². The number of anilines is 1. The summed E-state index contributed by atoms with van der Waals surface area (Å²) < 4.78 is 5.26. The zero-order valence-corrected chi connectivity index (χ0v) is 14.4. The van der Waals surface area contributed by atoms with E-state index >= 15 is 0 Å². The third-order valence-electron chi connectivity index (χ3n) is 4.38. The van der Waals surface area contributed by atoms with E-state index in [1.807, 2.05) is 18.2 Å². The molecule has 2 amide bonds. The Morgan fingerprint density at radius 3 is 2.69 bits per heavy atom. The van der Waals surface area contributed by atoms with Crippen molar-refractivity contribution in [3.63, 3.8) is 0 Å². The Balaban J connectivity index is 1.62. The van der Waals surface area contributed by atoms with E-state index in [0.717, 1.165) is 5.69 Å². The van der Waals surface area contributed by atoms with Gasteiger partial charge in [0.1, 0.15) is 5.54 Å². The number of hydrogen-bond acceptors (Lipinski definition) is 5. The summed E-state index contributed by atoms with van der Waals surface area (Å²) in [5.41, 5.74) is 7.01. The summed E-state index contributed by atoms with van der Waals surface area (Å²) in [6.07, 6.45) is 2.63. The van der Waals surface area contributed by atoms with Gasteiger partial charge in [0.15, 0.2) is 0 Å². The van der Waals surface area contributed by atoms with E-state index in [1.54, 1.807) is 30.5 Å². The fourth-order valence-corrected chi connectivity index (χ4v) is 2.73. The molecule has 0 radical (unpaired) electrons. The lowest BCUT2D eigenvalue weighted by molar-refractivity contribution is -0.124. The lowest BCUT2D eigenvalue weighted by Gasteiger charge is -2.31. The van der Waals surface area contributed by atoms with Gasteiger partial charge in [0.2, 0.25) is 5.91 Å². The molecule has 0 atom stereocenters. The fourth-order valence-electron chi connectivity index (χ4n) is 2.73. The summed E-state index contributed by atoms with van der Waals surface area (Å²) in [7, 11) is 0. The van der Waals surface area contributed by atoms with Gasteiger partial charge >= 0.3 is 0 Å². The van der Waals surface area contributed by atoms with Crippen molar-refractivity contribution in [2.45, 2.75) is 24.9 Å². The van der Waals surface area contributed by atoms with Gasteiger partial charge in [0, 0.05) is 30.7 Å². The zero-order chi connectivity index (χ0) is 18.4. The summed E-state index contributed by atoms with van der Waals surface area (Å²) in [5.74, 6) is -0.493. The molecule has 2 aromatic rings. The molecular weight excluding hydrogens is 332 g/mol. The van der Waals surface area contributed by atoms with Crippen LogP contribution in [0, 0.1) is 0 Å². The molecule has 1 aliphatic rings. The highest BCUT2D eigenvalue weighted by Crippen LogP contribution is 2.20. The van der Waals surface area contributed by atoms with Crippen LogP contribution in [0.4, 0.5) is 5.69 Å². The molecule has 1 aromatic heterocycles. The number of ether oxygens (including phenoxy) is 1. The first-order valence-electron chi connectivity index (χ1n) is 8.53. The molecule has 2 heterocycles. The van der Waals surface area contributed by atoms with Crippen LogP contribution in [0.3, 0.4) is 0 Å². The van der Waals surface area contributed by atoms with E-state index < -0.39 is 5.54 Å². The molecule has 1 saturated heterocycles. The molecule has 7 nitrogen and oxygen atoms in total. The van der Waals surface area contributed by atoms with Crippen molar-refractivity contribution in [3.8, 4) is 0 Å². The van der Waals surface area contributed by atoms with Gasteiger partial charge in [-0.1, -0.05) is 12.1 Å². The maximum atomic E-state index is 12.5. The van der Waals surface area contributed by atoms with Crippen molar-refractivity contribution in [1.82, 2.24) is 10.3 Å². The van der Waals surface area contributed by atoms with E-state index in [2.05, 4.69) is 15.6 Å². The number of aromatic nitrogens is 1. The molecule has 0 spiro atoms. The van der Waals surface area contributed by atoms with Crippen LogP contribution in [-0.2, 0) is 16.1 Å². The van der Waals surface area contributed by atoms with Crippen molar-refractivity contribution in [3.05, 3.63) is 59.9 Å². The van der Waals surface area contributed by atoms with E-state index in [4.69, 9.17) is 10.5 Å². The highest BCUT2D eigenvalue weighted by Gasteiger charge is 2.35. The molecule has 7 heteroatoms. The summed E-state index contributed by atoms with van der Waals surface area (Å²) in [4.78, 5) is 29.0. The summed E-state index contributed by atoms with van der Waals surface area (Å²) in [6, 6.07) is 12.3. The summed E-state index contributed by atoms with van der Waals surface area (Å²) in [6.45, 7) is 1.28. The predicted molar refractivity (Wildman–Crippen MR) is 97.5 cm³/mol. The highest BCUT2D eigenvalue weighted by molar-refractivity contribution is 6.00. The Morgan fingerprint density at radius 2 is 1.96 bits per heavy atom. The second-order valence-electron chi connectivity index (χ2n) is 6.31. The average molecular weight is 354 g/mol. The number of carbonyl (C=O) groups is 2. The molecule has 0 aliphatic carbocycles. The number of rotatable bonds is 5. The quantitative estimate of drug-likeness (QED) is 0.754. The number of nitrogens with zero attached hydrogens (tertiary/aromatic N) is 1. The smallest absolute Gasteiger partial charge is 0.251 e. The molecule has 4 N–H and O–H groups in total. The number of amides is 2. The summed E-state index contributed by atoms with van der Waals surface area (Å²) in [5, 5.41) is 5.62. The Morgan fingerprint density at radius 1 is 1.15 bits per heavy atom. The monoisotopic (exact) mass is 354 g/mol. The molecular formula is C19H22N4O3. The number of pyridine rings is 1. The van der Waals surface area contributed by atoms with Gasteiger partial charge < -0.3 is 21.1 Å². The average Bonchev–Trinajstić information content (AvgIpc) is 2.67. The lowest BCUT2D eigenvalue weighted by atomic mass is 9.90. The third-order valence-corrected chi connectivity index (χ3v) is 4.38. The second-order valence-corrected chi connectivity index (χ2v) is 6.31. The fraction of sp³-hybridized carbons (Fsp3) is 0.316. The largest absolute Gasteiger partial charge is 0.381 e. The van der Waals surface area contributed by atoms with E-state index in [0.29, 0.717) is 43.9 Å². The number of hydrogen-bond donors (Lipinski definition) is 3. The third kappa shape index (κ3) is 4.44. The molecule has 136 valence electrons. The van der Waals surface area contributed by atoms with Gasteiger partial charge in [0.25, 0.3) is 5.91 Å². The van der Waals surface area contributed by atoms with E-state index in [9.17, 15) is 9.59 Å². The van der Waals surface area contributed by atoms with Crippen LogP contribution in [0.5, 0.6) is 0 Å². The number of benzene rings is 1. The molecule has 0 unspecified atom stereocenters. The summed E-state index contributed by atoms with van der Waals surface area (Å²) >= 11 is 0. The van der Waals surface area contributed by atoms with Crippen LogP contribution in [0.15, 0.2) is 48.7 Å². The highest BCUT2D eigenvalue weighted by atomic mass is 16.5. The molecule has 1 aliphatic heterocycles. The minimum absolute atomic E-state index is 0.236. The maximum absolute atomic E-state index is 12.5. The van der Waals surface area contributed by atoms with Gasteiger partial charge in [0.05, 0.1) is 12.2 Å². The number of nitrogens with two attached hydrogens (primary N) is 1. The van der Waals surface area contributed by atoms with Gasteiger partial charge in [-0.05, 0) is 43.2 Å². The number of nitrogens with one attached hydrogen (secondary N) is 2. The standard InChI is InChI=1S/C19H22N4O3/c20-19(7-10-26-11-8-19)18(25)23-15-6-3-4-14(12-15)17(24)22-13-16-5-1-2-9-21-16/h1-6,9,12H,7-8,10-11,13,20H2,(H,22,24)(H,23,25). The SMILES string of the molecule is NC1(C(=O)Nc2cccc(C(=O)NCc3ccccn3)c2)CCOCC1. The van der Waals surface area contributed by atoms with Crippen molar-refractivity contribution in [2.24, 2.45) is 5.73 Å². The van der Waals surface area contributed by atoms with Gasteiger partial charge in [-0.2, -0.15) is 0 Å². The molecule has 1 aromatic carbocycles. The van der Waals surface area contributed by atoms with Crippen LogP contribution in [0.25, 0.3) is 0 Å². The molecule has 0 bridgehead atoms. The van der Waals surface area contributed by atoms with Crippen LogP contribution in [-0.4, -0.2) is 35.6 Å². The molecule has 0 saturated carbocycles. The van der Waals surface area contributed by atoms with Crippen LogP contribution in [0.2, 0.25) is 0 Å². The molecule has 3 rings (SSSR count). The first-order valence-corrected chi connectivity index (χ1v) is 8.53. The van der Waals surface area contributed by atoms with Crippen LogP contribution >= 0.6 is 0 Å². The minimum Gasteiger partial charge on any atom is -0.381 e. The minimum atomic E-state index is -0.935. The maximum Gasteiger partial charge on any atom is 0.251 e. The first kappa shape index (κ1) is 18.0. The second kappa shape index (κ2) is 8.07.